The van der Waals surface area contributed by atoms with E-state index in [0.29, 0.717) is 43.4 Å². The number of oxazole rings is 1. The number of aromatic nitrogens is 1. The van der Waals surface area contributed by atoms with Crippen molar-refractivity contribution in [3.05, 3.63) is 29.7 Å². The molecule has 118 valence electrons. The summed E-state index contributed by atoms with van der Waals surface area (Å²) in [6.07, 6.45) is -0.0840. The van der Waals surface area contributed by atoms with Crippen LogP contribution in [-0.4, -0.2) is 43.4 Å². The lowest BCUT2D eigenvalue weighted by atomic mass is 10.2. The van der Waals surface area contributed by atoms with Crippen molar-refractivity contribution in [3.63, 3.8) is 0 Å². The van der Waals surface area contributed by atoms with Gasteiger partial charge in [-0.15, -0.1) is 0 Å². The maximum Gasteiger partial charge on any atom is 0.251 e. The summed E-state index contributed by atoms with van der Waals surface area (Å²) in [7, 11) is 0. The van der Waals surface area contributed by atoms with Crippen molar-refractivity contribution in [3.8, 4) is 0 Å². The van der Waals surface area contributed by atoms with Gasteiger partial charge in [-0.2, -0.15) is 0 Å². The third-order valence-corrected chi connectivity index (χ3v) is 3.54. The molecule has 1 N–H and O–H groups in total. The lowest BCUT2D eigenvalue weighted by Gasteiger charge is -2.23. The maximum absolute atomic E-state index is 12.2. The molecule has 0 aliphatic carbocycles. The quantitative estimate of drug-likeness (QED) is 0.936. The third-order valence-electron chi connectivity index (χ3n) is 3.54. The SMILES string of the molecule is CC(C)c1nc2ccc(C(=O)NCC3COCCO3)cc2o1. The van der Waals surface area contributed by atoms with Crippen molar-refractivity contribution >= 4 is 17.0 Å². The molecule has 6 heteroatoms. The smallest absolute Gasteiger partial charge is 0.251 e. The molecule has 1 atom stereocenters. The fourth-order valence-electron chi connectivity index (χ4n) is 2.29. The molecule has 0 spiro atoms. The van der Waals surface area contributed by atoms with E-state index in [0.717, 1.165) is 5.52 Å². The van der Waals surface area contributed by atoms with Crippen molar-refractivity contribution in [2.24, 2.45) is 0 Å². The number of amides is 1. The Morgan fingerprint density at radius 1 is 1.41 bits per heavy atom. The Balaban J connectivity index is 1.67. The van der Waals surface area contributed by atoms with Gasteiger partial charge >= 0.3 is 0 Å². The highest BCUT2D eigenvalue weighted by atomic mass is 16.6. The molecule has 2 aromatic rings. The van der Waals surface area contributed by atoms with Gasteiger partial charge in [-0.3, -0.25) is 4.79 Å². The first-order valence-electron chi connectivity index (χ1n) is 7.51. The second-order valence-corrected chi connectivity index (χ2v) is 5.67. The van der Waals surface area contributed by atoms with Crippen LogP contribution < -0.4 is 5.32 Å². The van der Waals surface area contributed by atoms with Crippen LogP contribution in [0, 0.1) is 0 Å². The maximum atomic E-state index is 12.2. The van der Waals surface area contributed by atoms with Gasteiger partial charge in [0.2, 0.25) is 0 Å². The van der Waals surface area contributed by atoms with Crippen LogP contribution in [0.25, 0.3) is 11.1 Å². The number of nitrogens with zero attached hydrogens (tertiary/aromatic N) is 1. The van der Waals surface area contributed by atoms with Gasteiger partial charge in [-0.25, -0.2) is 4.98 Å². The fraction of sp³-hybridized carbons (Fsp3) is 0.500. The summed E-state index contributed by atoms with van der Waals surface area (Å²) in [6.45, 7) is 6.17. The molecule has 1 aliphatic heterocycles. The highest BCUT2D eigenvalue weighted by Crippen LogP contribution is 2.22. The minimum Gasteiger partial charge on any atom is -0.440 e. The van der Waals surface area contributed by atoms with Crippen molar-refractivity contribution in [1.82, 2.24) is 10.3 Å². The summed E-state index contributed by atoms with van der Waals surface area (Å²) in [4.78, 5) is 16.6. The van der Waals surface area contributed by atoms with E-state index in [9.17, 15) is 4.79 Å². The first-order chi connectivity index (χ1) is 10.6. The number of ether oxygens (including phenoxy) is 2. The van der Waals surface area contributed by atoms with Crippen molar-refractivity contribution < 1.29 is 18.7 Å². The van der Waals surface area contributed by atoms with E-state index in [1.807, 2.05) is 13.8 Å². The number of carbonyl (C=O) groups excluding carboxylic acids is 1. The predicted octanol–water partition coefficient (Wildman–Crippen LogP) is 2.10. The molecule has 0 bridgehead atoms. The Kier molecular flexibility index (Phi) is 4.40. The average Bonchev–Trinajstić information content (AvgIpc) is 2.97. The van der Waals surface area contributed by atoms with Crippen LogP contribution >= 0.6 is 0 Å². The highest BCUT2D eigenvalue weighted by Gasteiger charge is 2.17. The average molecular weight is 304 g/mol. The topological polar surface area (TPSA) is 73.6 Å². The zero-order valence-corrected chi connectivity index (χ0v) is 12.8. The minimum absolute atomic E-state index is 0.0840. The fourth-order valence-corrected chi connectivity index (χ4v) is 2.29. The molecule has 22 heavy (non-hydrogen) atoms. The summed E-state index contributed by atoms with van der Waals surface area (Å²) in [5, 5.41) is 2.86. The summed E-state index contributed by atoms with van der Waals surface area (Å²) >= 11 is 0. The second-order valence-electron chi connectivity index (χ2n) is 5.67. The molecule has 2 heterocycles. The number of carbonyl (C=O) groups is 1. The Labute approximate surface area is 128 Å². The Bertz CT molecular complexity index is 659. The normalized spacial score (nSPS) is 18.8. The standard InChI is InChI=1S/C16H20N2O4/c1-10(2)16-18-13-4-3-11(7-14(13)22-16)15(19)17-8-12-9-20-5-6-21-12/h3-4,7,10,12H,5-6,8-9H2,1-2H3,(H,17,19). The predicted molar refractivity (Wildman–Crippen MR) is 81.0 cm³/mol. The molecule has 1 fully saturated rings. The molecular formula is C16H20N2O4. The van der Waals surface area contributed by atoms with Crippen molar-refractivity contribution in [2.75, 3.05) is 26.4 Å². The Morgan fingerprint density at radius 3 is 3.00 bits per heavy atom. The molecule has 1 aromatic carbocycles. The molecule has 1 unspecified atom stereocenters. The minimum atomic E-state index is -0.154. The number of hydrogen-bond acceptors (Lipinski definition) is 5. The lowest BCUT2D eigenvalue weighted by molar-refractivity contribution is -0.0855. The van der Waals surface area contributed by atoms with Gasteiger partial charge in [0, 0.05) is 18.0 Å². The number of fused-ring (bicyclic) bond motifs is 1. The zero-order valence-electron chi connectivity index (χ0n) is 12.8. The first-order valence-corrected chi connectivity index (χ1v) is 7.51. The van der Waals surface area contributed by atoms with E-state index in [1.165, 1.54) is 0 Å². The number of hydrogen-bond donors (Lipinski definition) is 1. The Hall–Kier alpha value is -1.92. The zero-order chi connectivity index (χ0) is 15.5. The largest absolute Gasteiger partial charge is 0.440 e. The van der Waals surface area contributed by atoms with E-state index in [4.69, 9.17) is 13.9 Å². The summed E-state index contributed by atoms with van der Waals surface area (Å²) < 4.78 is 16.5. The van der Waals surface area contributed by atoms with E-state index in [-0.39, 0.29) is 17.9 Å². The van der Waals surface area contributed by atoms with E-state index in [2.05, 4.69) is 10.3 Å². The van der Waals surface area contributed by atoms with Gasteiger partial charge in [0.05, 0.1) is 25.9 Å². The van der Waals surface area contributed by atoms with Crippen LogP contribution in [-0.2, 0) is 9.47 Å². The lowest BCUT2D eigenvalue weighted by Crippen LogP contribution is -2.39. The van der Waals surface area contributed by atoms with Gasteiger partial charge in [-0.05, 0) is 18.2 Å². The number of rotatable bonds is 4. The van der Waals surface area contributed by atoms with E-state index >= 15 is 0 Å². The van der Waals surface area contributed by atoms with Crippen LogP contribution in [0.5, 0.6) is 0 Å². The number of nitrogens with one attached hydrogen (secondary N) is 1. The van der Waals surface area contributed by atoms with Gasteiger partial charge < -0.3 is 19.2 Å². The summed E-state index contributed by atoms with van der Waals surface area (Å²) in [5.41, 5.74) is 1.95. The van der Waals surface area contributed by atoms with Gasteiger partial charge in [0.15, 0.2) is 11.5 Å². The molecule has 1 aliphatic rings. The van der Waals surface area contributed by atoms with Crippen LogP contribution in [0.3, 0.4) is 0 Å². The molecule has 1 aromatic heterocycles. The Morgan fingerprint density at radius 2 is 2.27 bits per heavy atom. The molecule has 6 nitrogen and oxygen atoms in total. The monoisotopic (exact) mass is 304 g/mol. The second kappa shape index (κ2) is 6.46. The molecule has 0 saturated carbocycles. The van der Waals surface area contributed by atoms with Crippen LogP contribution in [0.2, 0.25) is 0 Å². The molecule has 3 rings (SSSR count). The van der Waals surface area contributed by atoms with Crippen molar-refractivity contribution in [2.45, 2.75) is 25.9 Å². The van der Waals surface area contributed by atoms with Crippen LogP contribution in [0.1, 0.15) is 36.0 Å². The van der Waals surface area contributed by atoms with Crippen molar-refractivity contribution in [1.29, 1.82) is 0 Å². The highest BCUT2D eigenvalue weighted by molar-refractivity contribution is 5.97. The van der Waals surface area contributed by atoms with Gasteiger partial charge in [-0.1, -0.05) is 13.8 Å². The molecule has 0 radical (unpaired) electrons. The van der Waals surface area contributed by atoms with Crippen LogP contribution in [0.15, 0.2) is 22.6 Å². The molecular weight excluding hydrogens is 284 g/mol. The summed E-state index contributed by atoms with van der Waals surface area (Å²) in [6, 6.07) is 5.28. The van der Waals surface area contributed by atoms with E-state index < -0.39 is 0 Å². The van der Waals surface area contributed by atoms with E-state index in [1.54, 1.807) is 18.2 Å². The molecule has 1 saturated heterocycles. The van der Waals surface area contributed by atoms with Crippen LogP contribution in [0.4, 0.5) is 0 Å². The third kappa shape index (κ3) is 3.28. The number of benzene rings is 1. The first kappa shape index (κ1) is 15.0. The van der Waals surface area contributed by atoms with Gasteiger partial charge in [0.25, 0.3) is 5.91 Å². The summed E-state index contributed by atoms with van der Waals surface area (Å²) in [5.74, 6) is 0.743. The molecule has 1 amide bonds. The van der Waals surface area contributed by atoms with Gasteiger partial charge in [0.1, 0.15) is 5.52 Å².